The van der Waals surface area contributed by atoms with Gasteiger partial charge in [0.25, 0.3) is 11.5 Å². The van der Waals surface area contributed by atoms with Crippen LogP contribution in [0.1, 0.15) is 42.9 Å². The number of thioether (sulfide) groups is 1. The van der Waals surface area contributed by atoms with Gasteiger partial charge in [0, 0.05) is 25.7 Å². The van der Waals surface area contributed by atoms with Crippen molar-refractivity contribution in [3.05, 3.63) is 81.1 Å². The second-order valence-electron chi connectivity index (χ2n) is 8.45. The molecule has 1 aliphatic rings. The summed E-state index contributed by atoms with van der Waals surface area (Å²) in [5, 5.41) is 22.5. The first kappa shape index (κ1) is 26.5. The maximum atomic E-state index is 13.4. The van der Waals surface area contributed by atoms with Gasteiger partial charge in [0.2, 0.25) is 0 Å². The van der Waals surface area contributed by atoms with E-state index in [9.17, 15) is 19.5 Å². The van der Waals surface area contributed by atoms with Gasteiger partial charge in [-0.2, -0.15) is 0 Å². The lowest BCUT2D eigenvalue weighted by Crippen LogP contribution is -2.29. The molecule has 1 amide bonds. The number of nitrogens with one attached hydrogen (secondary N) is 1. The van der Waals surface area contributed by atoms with Crippen LogP contribution in [0.2, 0.25) is 0 Å². The highest BCUT2D eigenvalue weighted by molar-refractivity contribution is 8.26. The molecule has 1 aliphatic heterocycles. The Morgan fingerprint density at radius 3 is 2.62 bits per heavy atom. The van der Waals surface area contributed by atoms with E-state index in [2.05, 4.69) is 10.3 Å². The third-order valence-corrected chi connectivity index (χ3v) is 7.22. The topological polar surface area (TPSA) is 124 Å². The van der Waals surface area contributed by atoms with Crippen LogP contribution in [0, 0.1) is 0 Å². The Kier molecular flexibility index (Phi) is 8.70. The second-order valence-corrected chi connectivity index (χ2v) is 10.1. The Morgan fingerprint density at radius 1 is 1.11 bits per heavy atom. The molecule has 1 atom stereocenters. The molecule has 1 aromatic carbocycles. The fourth-order valence-corrected chi connectivity index (χ4v) is 5.19. The fourth-order valence-electron chi connectivity index (χ4n) is 3.90. The van der Waals surface area contributed by atoms with E-state index in [4.69, 9.17) is 17.3 Å². The summed E-state index contributed by atoms with van der Waals surface area (Å²) in [4.78, 5) is 43.5. The lowest BCUT2D eigenvalue weighted by Gasteiger charge is -2.15. The molecule has 3 heterocycles. The number of thiocarbonyl (C=S) groups is 1. The van der Waals surface area contributed by atoms with Gasteiger partial charge in [0.15, 0.2) is 0 Å². The number of rotatable bonds is 11. The highest BCUT2D eigenvalue weighted by atomic mass is 32.2. The van der Waals surface area contributed by atoms with E-state index in [0.29, 0.717) is 40.7 Å². The fraction of sp³-hybridized carbons (Fsp3) is 0.269. The number of benzene rings is 1. The molecule has 0 unspecified atom stereocenters. The SMILES string of the molecule is O=C(O)CCCCCN1C(=O)/C(=C/c2c(NC[C@@H](O)c3ccccc3)nc3ccccn3c2=O)SC1=S. The van der Waals surface area contributed by atoms with Gasteiger partial charge in [0.05, 0.1) is 16.6 Å². The summed E-state index contributed by atoms with van der Waals surface area (Å²) in [5.41, 5.74) is 0.973. The molecule has 192 valence electrons. The summed E-state index contributed by atoms with van der Waals surface area (Å²) < 4.78 is 1.78. The molecule has 1 saturated heterocycles. The summed E-state index contributed by atoms with van der Waals surface area (Å²) in [6.45, 7) is 0.489. The van der Waals surface area contributed by atoms with Gasteiger partial charge in [-0.25, -0.2) is 4.98 Å². The van der Waals surface area contributed by atoms with Crippen molar-refractivity contribution >= 4 is 57.7 Å². The van der Waals surface area contributed by atoms with E-state index in [-0.39, 0.29) is 35.8 Å². The lowest BCUT2D eigenvalue weighted by molar-refractivity contribution is -0.137. The standard InChI is InChI=1S/C26H26N4O5S2/c31-19(17-9-3-1-4-10-17)16-27-23-18(24(34)29-13-8-6-11-21(29)28-23)15-20-25(35)30(26(36)37-20)14-7-2-5-12-22(32)33/h1,3-4,6,8-11,13,15,19,27,31H,2,5,7,12,14,16H2,(H,32,33)/b20-15-/t19-/m1/s1. The molecule has 3 N–H and O–H groups in total. The van der Waals surface area contributed by atoms with Crippen LogP contribution < -0.4 is 10.9 Å². The van der Waals surface area contributed by atoms with Crippen LogP contribution in [0.4, 0.5) is 5.82 Å². The van der Waals surface area contributed by atoms with Crippen LogP contribution >= 0.6 is 24.0 Å². The molecule has 0 radical (unpaired) electrons. The summed E-state index contributed by atoms with van der Waals surface area (Å²) >= 11 is 6.51. The Balaban J connectivity index is 1.58. The number of unbranched alkanes of at least 4 members (excludes halogenated alkanes) is 2. The third-order valence-electron chi connectivity index (χ3n) is 5.84. The lowest BCUT2D eigenvalue weighted by atomic mass is 10.1. The number of amides is 1. The van der Waals surface area contributed by atoms with Crippen LogP contribution in [0.5, 0.6) is 0 Å². The predicted octanol–water partition coefficient (Wildman–Crippen LogP) is 3.69. The molecule has 11 heteroatoms. The summed E-state index contributed by atoms with van der Waals surface area (Å²) in [6.07, 6.45) is 4.18. The number of hydrogen-bond donors (Lipinski definition) is 3. The number of carboxylic acids is 1. The Morgan fingerprint density at radius 2 is 1.86 bits per heavy atom. The number of carbonyl (C=O) groups excluding carboxylic acids is 1. The highest BCUT2D eigenvalue weighted by Gasteiger charge is 2.32. The molecular formula is C26H26N4O5S2. The number of anilines is 1. The number of carbonyl (C=O) groups is 2. The molecule has 4 rings (SSSR count). The van der Waals surface area contributed by atoms with Gasteiger partial charge in [-0.1, -0.05) is 66.8 Å². The molecular weight excluding hydrogens is 512 g/mol. The van der Waals surface area contributed by atoms with Crippen molar-refractivity contribution in [1.29, 1.82) is 0 Å². The van der Waals surface area contributed by atoms with Gasteiger partial charge in [0.1, 0.15) is 15.8 Å². The molecule has 2 aromatic heterocycles. The van der Waals surface area contributed by atoms with Gasteiger partial charge in [-0.15, -0.1) is 0 Å². The molecule has 3 aromatic rings. The first-order valence-electron chi connectivity index (χ1n) is 11.8. The number of hydrogen-bond acceptors (Lipinski definition) is 8. The van der Waals surface area contributed by atoms with Gasteiger partial charge in [-0.05, 0) is 36.6 Å². The summed E-state index contributed by atoms with van der Waals surface area (Å²) in [7, 11) is 0. The van der Waals surface area contributed by atoms with E-state index >= 15 is 0 Å². The second kappa shape index (κ2) is 12.1. The quantitative estimate of drug-likeness (QED) is 0.190. The van der Waals surface area contributed by atoms with Crippen LogP contribution in [-0.4, -0.2) is 53.8 Å². The monoisotopic (exact) mass is 538 g/mol. The van der Waals surface area contributed by atoms with Crippen LogP contribution in [0.25, 0.3) is 11.7 Å². The predicted molar refractivity (Wildman–Crippen MR) is 147 cm³/mol. The first-order chi connectivity index (χ1) is 17.8. The first-order valence-corrected chi connectivity index (χ1v) is 13.0. The molecule has 0 saturated carbocycles. The van der Waals surface area contributed by atoms with Crippen molar-refractivity contribution in [2.75, 3.05) is 18.4 Å². The minimum Gasteiger partial charge on any atom is -0.481 e. The zero-order valence-electron chi connectivity index (χ0n) is 19.9. The number of carboxylic acid groups (broad SMARTS) is 1. The largest absolute Gasteiger partial charge is 0.481 e. The highest BCUT2D eigenvalue weighted by Crippen LogP contribution is 2.33. The average Bonchev–Trinajstić information content (AvgIpc) is 3.16. The van der Waals surface area contributed by atoms with Crippen molar-refractivity contribution in [2.45, 2.75) is 31.8 Å². The van der Waals surface area contributed by atoms with E-state index < -0.39 is 12.1 Å². The maximum Gasteiger partial charge on any atom is 0.303 e. The normalized spacial score (nSPS) is 15.5. The van der Waals surface area contributed by atoms with Crippen molar-refractivity contribution in [3.63, 3.8) is 0 Å². The third kappa shape index (κ3) is 6.43. The Bertz CT molecular complexity index is 1410. The van der Waals surface area contributed by atoms with Crippen LogP contribution in [0.15, 0.2) is 64.4 Å². The van der Waals surface area contributed by atoms with Crippen molar-refractivity contribution in [1.82, 2.24) is 14.3 Å². The molecule has 37 heavy (non-hydrogen) atoms. The molecule has 1 fully saturated rings. The van der Waals surface area contributed by atoms with Crippen LogP contribution in [0.3, 0.4) is 0 Å². The number of nitrogens with zero attached hydrogens (tertiary/aromatic N) is 3. The van der Waals surface area contributed by atoms with Crippen molar-refractivity contribution in [3.8, 4) is 0 Å². The number of aliphatic carboxylic acids is 1. The van der Waals surface area contributed by atoms with Gasteiger partial charge < -0.3 is 15.5 Å². The summed E-state index contributed by atoms with van der Waals surface area (Å²) in [6, 6.07) is 14.3. The smallest absolute Gasteiger partial charge is 0.303 e. The van der Waals surface area contributed by atoms with E-state index in [1.54, 1.807) is 24.4 Å². The Labute approximate surface area is 222 Å². The number of fused-ring (bicyclic) bond motifs is 1. The van der Waals surface area contributed by atoms with Crippen molar-refractivity contribution < 1.29 is 19.8 Å². The van der Waals surface area contributed by atoms with Crippen molar-refractivity contribution in [2.24, 2.45) is 0 Å². The molecule has 0 spiro atoms. The Hall–Kier alpha value is -3.54. The number of aliphatic hydroxyl groups excluding tert-OH is 1. The zero-order chi connectivity index (χ0) is 26.4. The number of aliphatic hydroxyl groups is 1. The van der Waals surface area contributed by atoms with E-state index in [0.717, 1.165) is 17.3 Å². The maximum absolute atomic E-state index is 13.4. The average molecular weight is 539 g/mol. The molecule has 0 aliphatic carbocycles. The van der Waals surface area contributed by atoms with E-state index in [1.807, 2.05) is 30.3 Å². The van der Waals surface area contributed by atoms with E-state index in [1.165, 1.54) is 15.4 Å². The van der Waals surface area contributed by atoms with Crippen LogP contribution in [-0.2, 0) is 9.59 Å². The summed E-state index contributed by atoms with van der Waals surface area (Å²) in [5.74, 6) is -0.893. The number of aromatic nitrogens is 2. The number of pyridine rings is 1. The molecule has 9 nitrogen and oxygen atoms in total. The molecule has 0 bridgehead atoms. The van der Waals surface area contributed by atoms with Gasteiger partial charge >= 0.3 is 5.97 Å². The zero-order valence-corrected chi connectivity index (χ0v) is 21.5. The minimum absolute atomic E-state index is 0.0892. The minimum atomic E-state index is -0.843. The van der Waals surface area contributed by atoms with Gasteiger partial charge in [-0.3, -0.25) is 23.7 Å².